The smallest absolute Gasteiger partial charge is 0.119 e. The molecule has 0 heterocycles. The monoisotopic (exact) mass is 290 g/mol. The molecule has 1 fully saturated rings. The zero-order valence-electron chi connectivity index (χ0n) is 12.4. The van der Waals surface area contributed by atoms with Crippen LogP contribution in [0.3, 0.4) is 0 Å². The van der Waals surface area contributed by atoms with Crippen LogP contribution in [0.2, 0.25) is 0 Å². The lowest BCUT2D eigenvalue weighted by Crippen LogP contribution is -2.61. The Bertz CT molecular complexity index is 507. The van der Waals surface area contributed by atoms with Crippen LogP contribution in [0.15, 0.2) is 24.3 Å². The average molecular weight is 290 g/mol. The molecule has 21 heavy (non-hydrogen) atoms. The van der Waals surface area contributed by atoms with Crippen LogP contribution in [0.5, 0.6) is 5.75 Å². The highest BCUT2D eigenvalue weighted by molar-refractivity contribution is 5.34. The number of rotatable bonds is 6. The highest BCUT2D eigenvalue weighted by atomic mass is 16.5. The highest BCUT2D eigenvalue weighted by Crippen LogP contribution is 2.40. The van der Waals surface area contributed by atoms with Crippen molar-refractivity contribution < 1.29 is 14.9 Å². The van der Waals surface area contributed by atoms with Gasteiger partial charge in [0.2, 0.25) is 0 Å². The Hall–Kier alpha value is -1.61. The minimum absolute atomic E-state index is 0.145. The van der Waals surface area contributed by atoms with Crippen LogP contribution < -0.4 is 10.1 Å². The first kappa shape index (κ1) is 15.8. The van der Waals surface area contributed by atoms with Gasteiger partial charge < -0.3 is 20.3 Å². The molecule has 2 rings (SSSR count). The van der Waals surface area contributed by atoms with Gasteiger partial charge in [0.1, 0.15) is 18.5 Å². The molecule has 0 aliphatic heterocycles. The Labute approximate surface area is 125 Å². The summed E-state index contributed by atoms with van der Waals surface area (Å²) in [4.78, 5) is 0. The van der Waals surface area contributed by atoms with E-state index in [1.54, 1.807) is 24.3 Å². The SMILES string of the molecule is CC1(C)C(O)CC1NCC(O)COc1ccc(C#N)cc1. The molecule has 5 nitrogen and oxygen atoms in total. The van der Waals surface area contributed by atoms with E-state index in [1.165, 1.54) is 0 Å². The number of aliphatic hydroxyl groups is 2. The molecular weight excluding hydrogens is 268 g/mol. The summed E-state index contributed by atoms with van der Waals surface area (Å²) in [5, 5.41) is 31.5. The zero-order valence-corrected chi connectivity index (χ0v) is 12.4. The summed E-state index contributed by atoms with van der Waals surface area (Å²) in [5.41, 5.74) is 0.434. The molecule has 1 aromatic carbocycles. The third-order valence-electron chi connectivity index (χ3n) is 4.24. The first-order valence-corrected chi connectivity index (χ1v) is 7.16. The fourth-order valence-electron chi connectivity index (χ4n) is 2.40. The summed E-state index contributed by atoms with van der Waals surface area (Å²) in [6.45, 7) is 4.64. The summed E-state index contributed by atoms with van der Waals surface area (Å²) in [5.74, 6) is 0.632. The Morgan fingerprint density at radius 3 is 2.62 bits per heavy atom. The summed E-state index contributed by atoms with van der Waals surface area (Å²) < 4.78 is 5.48. The molecule has 0 amide bonds. The van der Waals surface area contributed by atoms with E-state index in [2.05, 4.69) is 5.32 Å². The van der Waals surface area contributed by atoms with Crippen molar-refractivity contribution in [2.45, 2.75) is 38.5 Å². The zero-order chi connectivity index (χ0) is 15.5. The number of hydrogen-bond acceptors (Lipinski definition) is 5. The predicted octanol–water partition coefficient (Wildman–Crippen LogP) is 1.05. The van der Waals surface area contributed by atoms with Crippen LogP contribution in [-0.2, 0) is 0 Å². The molecule has 3 atom stereocenters. The van der Waals surface area contributed by atoms with Gasteiger partial charge in [-0.25, -0.2) is 0 Å². The standard InChI is InChI=1S/C16H22N2O3/c1-16(2)14(7-15(16)20)18-9-12(19)10-21-13-5-3-11(8-17)4-6-13/h3-6,12,14-15,18-20H,7,9-10H2,1-2H3. The number of aliphatic hydroxyl groups excluding tert-OH is 2. The van der Waals surface area contributed by atoms with Gasteiger partial charge in [0.15, 0.2) is 0 Å². The van der Waals surface area contributed by atoms with Crippen LogP contribution in [0, 0.1) is 16.7 Å². The van der Waals surface area contributed by atoms with Crippen molar-refractivity contribution in [3.05, 3.63) is 29.8 Å². The number of nitriles is 1. The molecule has 1 saturated carbocycles. The van der Waals surface area contributed by atoms with Gasteiger partial charge in [-0.2, -0.15) is 5.26 Å². The van der Waals surface area contributed by atoms with Gasteiger partial charge in [-0.15, -0.1) is 0 Å². The summed E-state index contributed by atoms with van der Waals surface area (Å²) in [6, 6.07) is 9.04. The summed E-state index contributed by atoms with van der Waals surface area (Å²) in [6.07, 6.45) is -0.174. The number of nitrogens with one attached hydrogen (secondary N) is 1. The number of benzene rings is 1. The Kier molecular flexibility index (Phi) is 4.84. The molecular formula is C16H22N2O3. The third-order valence-corrected chi connectivity index (χ3v) is 4.24. The van der Waals surface area contributed by atoms with E-state index < -0.39 is 6.10 Å². The second-order valence-corrected chi connectivity index (χ2v) is 6.13. The van der Waals surface area contributed by atoms with Gasteiger partial charge in [0, 0.05) is 18.0 Å². The summed E-state index contributed by atoms with van der Waals surface area (Å²) in [7, 11) is 0. The number of ether oxygens (including phenoxy) is 1. The lowest BCUT2D eigenvalue weighted by atomic mass is 9.64. The molecule has 3 N–H and O–H groups in total. The average Bonchev–Trinajstić information content (AvgIpc) is 2.49. The van der Waals surface area contributed by atoms with E-state index in [-0.39, 0.29) is 24.2 Å². The van der Waals surface area contributed by atoms with Crippen molar-refractivity contribution in [1.82, 2.24) is 5.32 Å². The van der Waals surface area contributed by atoms with Crippen LogP contribution >= 0.6 is 0 Å². The highest BCUT2D eigenvalue weighted by Gasteiger charge is 2.46. The largest absolute Gasteiger partial charge is 0.491 e. The van der Waals surface area contributed by atoms with Crippen LogP contribution in [0.4, 0.5) is 0 Å². The van der Waals surface area contributed by atoms with Crippen LogP contribution in [0.25, 0.3) is 0 Å². The van der Waals surface area contributed by atoms with E-state index in [4.69, 9.17) is 10.00 Å². The molecule has 114 valence electrons. The molecule has 0 spiro atoms. The summed E-state index contributed by atoms with van der Waals surface area (Å²) >= 11 is 0. The van der Waals surface area contributed by atoms with Gasteiger partial charge in [-0.1, -0.05) is 13.8 Å². The molecule has 1 aliphatic carbocycles. The van der Waals surface area contributed by atoms with Crippen molar-refractivity contribution >= 4 is 0 Å². The number of nitrogens with zero attached hydrogens (tertiary/aromatic N) is 1. The van der Waals surface area contributed by atoms with Gasteiger partial charge in [-0.05, 0) is 30.7 Å². The number of hydrogen-bond donors (Lipinski definition) is 3. The molecule has 0 aromatic heterocycles. The minimum Gasteiger partial charge on any atom is -0.491 e. The minimum atomic E-state index is -0.616. The maximum absolute atomic E-state index is 9.91. The quantitative estimate of drug-likeness (QED) is 0.729. The maximum Gasteiger partial charge on any atom is 0.119 e. The normalized spacial score (nSPS) is 24.7. The lowest BCUT2D eigenvalue weighted by Gasteiger charge is -2.49. The molecule has 3 unspecified atom stereocenters. The fourth-order valence-corrected chi connectivity index (χ4v) is 2.40. The van der Waals surface area contributed by atoms with Crippen LogP contribution in [-0.4, -0.2) is 41.6 Å². The maximum atomic E-state index is 9.91. The van der Waals surface area contributed by atoms with Crippen molar-refractivity contribution in [3.63, 3.8) is 0 Å². The van der Waals surface area contributed by atoms with Crippen molar-refractivity contribution in [2.24, 2.45) is 5.41 Å². The fraction of sp³-hybridized carbons (Fsp3) is 0.562. The third kappa shape index (κ3) is 3.73. The van der Waals surface area contributed by atoms with Crippen molar-refractivity contribution in [1.29, 1.82) is 5.26 Å². The Morgan fingerprint density at radius 1 is 1.43 bits per heavy atom. The Balaban J connectivity index is 1.70. The van der Waals surface area contributed by atoms with E-state index in [9.17, 15) is 10.2 Å². The lowest BCUT2D eigenvalue weighted by molar-refractivity contribution is -0.0755. The van der Waals surface area contributed by atoms with Crippen LogP contribution in [0.1, 0.15) is 25.8 Å². The van der Waals surface area contributed by atoms with Gasteiger partial charge in [0.05, 0.1) is 17.7 Å². The van der Waals surface area contributed by atoms with Gasteiger partial charge in [-0.3, -0.25) is 0 Å². The van der Waals surface area contributed by atoms with Gasteiger partial charge in [0.25, 0.3) is 0 Å². The van der Waals surface area contributed by atoms with E-state index in [0.29, 0.717) is 17.9 Å². The van der Waals surface area contributed by atoms with Crippen molar-refractivity contribution in [2.75, 3.05) is 13.2 Å². The predicted molar refractivity (Wildman–Crippen MR) is 78.9 cm³/mol. The molecule has 0 radical (unpaired) electrons. The molecule has 0 bridgehead atoms. The molecule has 1 aliphatic rings. The first-order valence-electron chi connectivity index (χ1n) is 7.16. The van der Waals surface area contributed by atoms with E-state index in [0.717, 1.165) is 6.42 Å². The molecule has 5 heteroatoms. The second kappa shape index (κ2) is 6.44. The topological polar surface area (TPSA) is 85.5 Å². The molecule has 1 aromatic rings. The Morgan fingerprint density at radius 2 is 2.10 bits per heavy atom. The van der Waals surface area contributed by atoms with Crippen molar-refractivity contribution in [3.8, 4) is 11.8 Å². The van der Waals surface area contributed by atoms with E-state index in [1.807, 2.05) is 19.9 Å². The second-order valence-electron chi connectivity index (χ2n) is 6.13. The van der Waals surface area contributed by atoms with Gasteiger partial charge >= 0.3 is 0 Å². The first-order chi connectivity index (χ1) is 9.93. The molecule has 0 saturated heterocycles. The van der Waals surface area contributed by atoms with E-state index >= 15 is 0 Å².